The zero-order valence-corrected chi connectivity index (χ0v) is 15.1. The Morgan fingerprint density at radius 2 is 1.62 bits per heavy atom. The van der Waals surface area contributed by atoms with Crippen LogP contribution in [-0.4, -0.2) is 24.7 Å². The molecule has 0 fully saturated rings. The first-order chi connectivity index (χ1) is 9.74. The Kier molecular flexibility index (Phi) is 4.60. The topological polar surface area (TPSA) is 17.8 Å². The summed E-state index contributed by atoms with van der Waals surface area (Å²) in [5.41, 5.74) is 0.799. The van der Waals surface area contributed by atoms with Crippen molar-refractivity contribution in [2.24, 2.45) is 0 Å². The molecular weight excluding hydrogens is 307 g/mol. The van der Waals surface area contributed by atoms with Crippen molar-refractivity contribution in [2.75, 3.05) is 0 Å². The molecule has 0 atom stereocenters. The normalized spacial score (nSPS) is 13.9. The molecule has 0 saturated carbocycles. The second-order valence-electron chi connectivity index (χ2n) is 6.17. The highest BCUT2D eigenvalue weighted by Crippen LogP contribution is 2.62. The van der Waals surface area contributed by atoms with E-state index in [0.29, 0.717) is 21.1 Å². The summed E-state index contributed by atoms with van der Waals surface area (Å²) in [4.78, 5) is 4.34. The van der Waals surface area contributed by atoms with Crippen molar-refractivity contribution in [1.82, 2.24) is 8.96 Å². The Balaban J connectivity index is 2.81. The quantitative estimate of drug-likeness (QED) is 0.711. The zero-order valence-electron chi connectivity index (χ0n) is 13.5. The van der Waals surface area contributed by atoms with Gasteiger partial charge in [0, 0.05) is 27.3 Å². The van der Waals surface area contributed by atoms with Crippen LogP contribution in [0.15, 0.2) is 18.5 Å². The fourth-order valence-corrected chi connectivity index (χ4v) is 9.12. The fourth-order valence-electron chi connectivity index (χ4n) is 3.58. The van der Waals surface area contributed by atoms with Crippen LogP contribution in [0.25, 0.3) is 11.0 Å². The Morgan fingerprint density at radius 3 is 2.10 bits per heavy atom. The number of hydrogen-bond acceptors (Lipinski definition) is 1. The highest BCUT2D eigenvalue weighted by atomic mass is 35.5. The number of nitrogens with zero attached hydrogens (tertiary/aromatic N) is 2. The van der Waals surface area contributed by atoms with Crippen molar-refractivity contribution >= 4 is 32.8 Å². The zero-order chi connectivity index (χ0) is 15.9. The van der Waals surface area contributed by atoms with E-state index in [2.05, 4.69) is 50.5 Å². The summed E-state index contributed by atoms with van der Waals surface area (Å²) < 4.78 is 15.9. The van der Waals surface area contributed by atoms with Crippen molar-refractivity contribution in [3.63, 3.8) is 0 Å². The average molecular weight is 331 g/mol. The Morgan fingerprint density at radius 1 is 1.10 bits per heavy atom. The summed E-state index contributed by atoms with van der Waals surface area (Å²) in [6, 6.07) is 1.89. The summed E-state index contributed by atoms with van der Waals surface area (Å²) in [5.74, 6) is -0.457. The van der Waals surface area contributed by atoms with Crippen molar-refractivity contribution in [3.05, 3.63) is 29.3 Å². The van der Waals surface area contributed by atoms with Crippen LogP contribution >= 0.6 is 21.8 Å². The van der Waals surface area contributed by atoms with E-state index in [1.165, 1.54) is 6.20 Å². The molecule has 0 amide bonds. The van der Waals surface area contributed by atoms with Crippen LogP contribution in [0.2, 0.25) is 5.02 Å². The Labute approximate surface area is 133 Å². The van der Waals surface area contributed by atoms with Crippen molar-refractivity contribution in [2.45, 2.75) is 57.3 Å². The number of aromatic nitrogens is 2. The molecule has 5 heteroatoms. The Hall–Kier alpha value is -0.740. The summed E-state index contributed by atoms with van der Waals surface area (Å²) in [6.07, 6.45) is 3.27. The smallest absolute Gasteiger partial charge is 0.160 e. The lowest BCUT2D eigenvalue weighted by Gasteiger charge is -2.52. The van der Waals surface area contributed by atoms with E-state index in [-0.39, 0.29) is 5.02 Å². The van der Waals surface area contributed by atoms with Crippen LogP contribution in [-0.2, 0) is 0 Å². The summed E-state index contributed by atoms with van der Waals surface area (Å²) in [5, 5.41) is 2.37. The lowest BCUT2D eigenvalue weighted by atomic mass is 10.3. The molecule has 2 rings (SSSR count). The third kappa shape index (κ3) is 2.36. The maximum Gasteiger partial charge on any atom is 0.160 e. The van der Waals surface area contributed by atoms with Gasteiger partial charge in [-0.2, -0.15) is 10.2 Å². The van der Waals surface area contributed by atoms with Crippen LogP contribution in [0.3, 0.4) is 0 Å². The van der Waals surface area contributed by atoms with E-state index in [0.717, 1.165) is 5.65 Å². The first kappa shape index (κ1) is 16.6. The molecule has 0 aliphatic rings. The highest BCUT2D eigenvalue weighted by molar-refractivity contribution is 8.33. The number of fused-ring (bicyclic) bond motifs is 1. The molecule has 2 heterocycles. The minimum atomic E-state index is -1.16. The van der Waals surface area contributed by atoms with Crippen molar-refractivity contribution < 1.29 is 4.39 Å². The molecule has 0 radical (unpaired) electrons. The van der Waals surface area contributed by atoms with E-state index < -0.39 is 16.0 Å². The largest absolute Gasteiger partial charge is 0.293 e. The van der Waals surface area contributed by atoms with Gasteiger partial charge in [0.05, 0.1) is 11.2 Å². The van der Waals surface area contributed by atoms with Gasteiger partial charge >= 0.3 is 0 Å². The maximum atomic E-state index is 13.6. The van der Waals surface area contributed by atoms with Gasteiger partial charge < -0.3 is 0 Å². The van der Waals surface area contributed by atoms with Gasteiger partial charge in [-0.3, -0.25) is 3.97 Å². The van der Waals surface area contributed by atoms with Crippen molar-refractivity contribution in [3.8, 4) is 0 Å². The maximum absolute atomic E-state index is 13.6. The molecule has 118 valence electrons. The second kappa shape index (κ2) is 5.81. The molecule has 0 bridgehead atoms. The van der Waals surface area contributed by atoms with Gasteiger partial charge in [-0.25, -0.2) is 9.37 Å². The van der Waals surface area contributed by atoms with Crippen LogP contribution in [0.5, 0.6) is 0 Å². The van der Waals surface area contributed by atoms with Gasteiger partial charge in [0.2, 0.25) is 0 Å². The van der Waals surface area contributed by atoms with Crippen LogP contribution in [0, 0.1) is 5.82 Å². The second-order valence-corrected chi connectivity index (χ2v) is 11.2. The van der Waals surface area contributed by atoms with E-state index in [1.54, 1.807) is 0 Å². The molecule has 21 heavy (non-hydrogen) atoms. The van der Waals surface area contributed by atoms with Crippen LogP contribution in [0.4, 0.5) is 4.39 Å². The minimum Gasteiger partial charge on any atom is -0.293 e. The first-order valence-corrected chi connectivity index (χ1v) is 9.51. The summed E-state index contributed by atoms with van der Waals surface area (Å²) in [6.45, 7) is 13.6. The summed E-state index contributed by atoms with van der Waals surface area (Å²) in [7, 11) is -1.16. The van der Waals surface area contributed by atoms with E-state index in [1.807, 2.05) is 12.3 Å². The number of pyridine rings is 1. The van der Waals surface area contributed by atoms with Gasteiger partial charge in [0.15, 0.2) is 5.82 Å². The van der Waals surface area contributed by atoms with E-state index >= 15 is 0 Å². The molecule has 0 unspecified atom stereocenters. The lowest BCUT2D eigenvalue weighted by molar-refractivity contribution is 0.624. The predicted octanol–water partition coefficient (Wildman–Crippen LogP) is 5.62. The highest BCUT2D eigenvalue weighted by Gasteiger charge is 2.37. The van der Waals surface area contributed by atoms with Crippen LogP contribution in [0.1, 0.15) is 41.5 Å². The average Bonchev–Trinajstić information content (AvgIpc) is 2.78. The molecule has 0 saturated heterocycles. The molecular formula is C16H24ClFN2S. The number of hydrogen-bond donors (Lipinski definition) is 0. The molecule has 0 N–H and O–H groups in total. The standard InChI is InChI=1S/C16H24ClFN2S/c1-10(2)21(11(3)4,12(5)6)20-8-7-13-15(17)14(18)9-19-16(13)20/h7-12H,1-6H3. The van der Waals surface area contributed by atoms with Gasteiger partial charge in [-0.05, 0) is 6.07 Å². The van der Waals surface area contributed by atoms with Gasteiger partial charge in [0.25, 0.3) is 0 Å². The van der Waals surface area contributed by atoms with E-state index in [9.17, 15) is 4.39 Å². The lowest BCUT2D eigenvalue weighted by Crippen LogP contribution is -2.33. The van der Waals surface area contributed by atoms with E-state index in [4.69, 9.17) is 11.6 Å². The fraction of sp³-hybridized carbons (Fsp3) is 0.562. The van der Waals surface area contributed by atoms with Gasteiger partial charge in [-0.1, -0.05) is 53.1 Å². The number of halogens is 2. The predicted molar refractivity (Wildman–Crippen MR) is 93.1 cm³/mol. The molecule has 2 nitrogen and oxygen atoms in total. The molecule has 0 aliphatic carbocycles. The third-order valence-corrected chi connectivity index (χ3v) is 10.1. The van der Waals surface area contributed by atoms with Gasteiger partial charge in [-0.15, -0.1) is 0 Å². The van der Waals surface area contributed by atoms with Crippen LogP contribution < -0.4 is 0 Å². The SMILES string of the molecule is CC(C)S(C(C)C)(C(C)C)n1ccc2c(Cl)c(F)cnc21. The molecule has 0 aromatic carbocycles. The molecule has 0 aliphatic heterocycles. The monoisotopic (exact) mass is 330 g/mol. The third-order valence-electron chi connectivity index (χ3n) is 4.18. The first-order valence-electron chi connectivity index (χ1n) is 7.36. The summed E-state index contributed by atoms with van der Waals surface area (Å²) >= 11 is 6.11. The molecule has 2 aromatic rings. The molecule has 2 aromatic heterocycles. The number of rotatable bonds is 4. The van der Waals surface area contributed by atoms with Crippen molar-refractivity contribution in [1.29, 1.82) is 0 Å². The Bertz CT molecular complexity index is 627. The van der Waals surface area contributed by atoms with Gasteiger partial charge in [0.1, 0.15) is 5.65 Å². The molecule has 0 spiro atoms. The minimum absolute atomic E-state index is 0.170.